The van der Waals surface area contributed by atoms with Gasteiger partial charge in [-0.3, -0.25) is 14.4 Å². The fourth-order valence-corrected chi connectivity index (χ4v) is 4.47. The average molecular weight is 394 g/mol. The predicted octanol–water partition coefficient (Wildman–Crippen LogP) is 1.45. The zero-order chi connectivity index (χ0) is 20.4. The molecular weight excluding hydrogens is 368 g/mol. The van der Waals surface area contributed by atoms with Crippen molar-refractivity contribution in [1.29, 1.82) is 0 Å². The van der Waals surface area contributed by atoms with E-state index in [-0.39, 0.29) is 23.8 Å². The number of piperidine rings is 2. The Labute approximate surface area is 170 Å². The van der Waals surface area contributed by atoms with E-state index < -0.39 is 5.41 Å². The SMILES string of the molecule is Cn1cccc1C(=O)N1CC[C@H]2NC(=O)CC[C@]2(C(=O)NCc2ccccc2)C1. The number of likely N-dealkylation sites (tertiary alicyclic amines) is 1. The van der Waals surface area contributed by atoms with Crippen LogP contribution in [-0.4, -0.2) is 46.3 Å². The number of hydrogen-bond acceptors (Lipinski definition) is 3. The average Bonchev–Trinajstić information content (AvgIpc) is 3.17. The molecule has 3 heterocycles. The molecule has 1 aromatic heterocycles. The van der Waals surface area contributed by atoms with Gasteiger partial charge in [0.15, 0.2) is 0 Å². The molecule has 2 N–H and O–H groups in total. The summed E-state index contributed by atoms with van der Waals surface area (Å²) in [7, 11) is 1.84. The number of amides is 3. The minimum absolute atomic E-state index is 0.0244. The van der Waals surface area contributed by atoms with Crippen molar-refractivity contribution in [3.05, 3.63) is 59.9 Å². The van der Waals surface area contributed by atoms with Crippen LogP contribution < -0.4 is 10.6 Å². The number of carbonyl (C=O) groups is 3. The molecule has 29 heavy (non-hydrogen) atoms. The van der Waals surface area contributed by atoms with Crippen molar-refractivity contribution in [2.45, 2.75) is 31.8 Å². The van der Waals surface area contributed by atoms with Crippen molar-refractivity contribution >= 4 is 17.7 Å². The van der Waals surface area contributed by atoms with Crippen molar-refractivity contribution in [1.82, 2.24) is 20.1 Å². The topological polar surface area (TPSA) is 83.4 Å². The number of fused-ring (bicyclic) bond motifs is 1. The van der Waals surface area contributed by atoms with Gasteiger partial charge in [0, 0.05) is 45.3 Å². The van der Waals surface area contributed by atoms with Crippen LogP contribution in [0.25, 0.3) is 0 Å². The van der Waals surface area contributed by atoms with Crippen LogP contribution in [0, 0.1) is 5.41 Å². The molecule has 0 radical (unpaired) electrons. The van der Waals surface area contributed by atoms with Gasteiger partial charge in [-0.05, 0) is 30.5 Å². The molecular formula is C22H26N4O3. The van der Waals surface area contributed by atoms with Crippen LogP contribution in [0.15, 0.2) is 48.7 Å². The lowest BCUT2D eigenvalue weighted by Crippen LogP contribution is -2.66. The largest absolute Gasteiger partial charge is 0.352 e. The summed E-state index contributed by atoms with van der Waals surface area (Å²) in [6, 6.07) is 13.1. The molecule has 2 saturated heterocycles. The van der Waals surface area contributed by atoms with Crippen molar-refractivity contribution in [3.8, 4) is 0 Å². The predicted molar refractivity (Wildman–Crippen MR) is 108 cm³/mol. The van der Waals surface area contributed by atoms with E-state index in [0.717, 1.165) is 5.56 Å². The van der Waals surface area contributed by atoms with Gasteiger partial charge >= 0.3 is 0 Å². The summed E-state index contributed by atoms with van der Waals surface area (Å²) in [4.78, 5) is 40.1. The summed E-state index contributed by atoms with van der Waals surface area (Å²) in [6.45, 7) is 1.25. The first kappa shape index (κ1) is 19.2. The Morgan fingerprint density at radius 2 is 2.00 bits per heavy atom. The molecule has 2 aliphatic heterocycles. The van der Waals surface area contributed by atoms with Gasteiger partial charge < -0.3 is 20.1 Å². The van der Waals surface area contributed by atoms with Crippen LogP contribution in [0.2, 0.25) is 0 Å². The number of aromatic nitrogens is 1. The summed E-state index contributed by atoms with van der Waals surface area (Å²) in [6.07, 6.45) is 3.15. The van der Waals surface area contributed by atoms with Gasteiger partial charge in [-0.1, -0.05) is 30.3 Å². The lowest BCUT2D eigenvalue weighted by molar-refractivity contribution is -0.142. The van der Waals surface area contributed by atoms with E-state index in [1.807, 2.05) is 49.6 Å². The van der Waals surface area contributed by atoms with Crippen molar-refractivity contribution < 1.29 is 14.4 Å². The first-order valence-electron chi connectivity index (χ1n) is 10.0. The van der Waals surface area contributed by atoms with Gasteiger partial charge in [0.1, 0.15) is 5.69 Å². The van der Waals surface area contributed by atoms with Crippen LogP contribution in [0.3, 0.4) is 0 Å². The quantitative estimate of drug-likeness (QED) is 0.823. The highest BCUT2D eigenvalue weighted by molar-refractivity contribution is 5.94. The number of aryl methyl sites for hydroxylation is 1. The maximum atomic E-state index is 13.4. The molecule has 7 nitrogen and oxygen atoms in total. The van der Waals surface area contributed by atoms with Crippen LogP contribution in [0.5, 0.6) is 0 Å². The second-order valence-electron chi connectivity index (χ2n) is 7.96. The van der Waals surface area contributed by atoms with E-state index in [0.29, 0.717) is 44.6 Å². The zero-order valence-electron chi connectivity index (χ0n) is 16.6. The van der Waals surface area contributed by atoms with Gasteiger partial charge in [0.25, 0.3) is 5.91 Å². The molecule has 1 aromatic carbocycles. The minimum atomic E-state index is -0.804. The molecule has 2 fully saturated rings. The minimum Gasteiger partial charge on any atom is -0.352 e. The van der Waals surface area contributed by atoms with E-state index in [4.69, 9.17) is 0 Å². The standard InChI is InChI=1S/C22H26N4O3/c1-25-12-5-8-17(25)20(28)26-13-10-18-22(15-26,11-9-19(27)24-18)21(29)23-14-16-6-3-2-4-7-16/h2-8,12,18H,9-11,13-15H2,1H3,(H,23,29)(H,24,27)/t18-,22+/m1/s1. The molecule has 0 spiro atoms. The first-order valence-corrected chi connectivity index (χ1v) is 10.0. The smallest absolute Gasteiger partial charge is 0.270 e. The van der Waals surface area contributed by atoms with Crippen molar-refractivity contribution in [2.24, 2.45) is 12.5 Å². The third-order valence-corrected chi connectivity index (χ3v) is 6.16. The van der Waals surface area contributed by atoms with Crippen LogP contribution in [0.1, 0.15) is 35.3 Å². The molecule has 3 amide bonds. The Bertz CT molecular complexity index is 923. The van der Waals surface area contributed by atoms with E-state index in [1.165, 1.54) is 0 Å². The maximum Gasteiger partial charge on any atom is 0.270 e. The van der Waals surface area contributed by atoms with Gasteiger partial charge in [0.05, 0.1) is 5.41 Å². The normalized spacial score (nSPS) is 23.8. The van der Waals surface area contributed by atoms with E-state index in [1.54, 1.807) is 15.5 Å². The fourth-order valence-electron chi connectivity index (χ4n) is 4.47. The number of nitrogens with one attached hydrogen (secondary N) is 2. The molecule has 0 bridgehead atoms. The monoisotopic (exact) mass is 394 g/mol. The third-order valence-electron chi connectivity index (χ3n) is 6.16. The number of benzene rings is 1. The highest BCUT2D eigenvalue weighted by Gasteiger charge is 2.52. The first-order chi connectivity index (χ1) is 14.0. The highest BCUT2D eigenvalue weighted by Crippen LogP contribution is 2.38. The second-order valence-corrected chi connectivity index (χ2v) is 7.96. The Morgan fingerprint density at radius 1 is 1.21 bits per heavy atom. The zero-order valence-corrected chi connectivity index (χ0v) is 16.6. The van der Waals surface area contributed by atoms with Gasteiger partial charge in [-0.25, -0.2) is 0 Å². The van der Waals surface area contributed by atoms with Gasteiger partial charge in [0.2, 0.25) is 11.8 Å². The summed E-state index contributed by atoms with van der Waals surface area (Å²) in [5.74, 6) is -0.206. The lowest BCUT2D eigenvalue weighted by atomic mass is 9.69. The summed E-state index contributed by atoms with van der Waals surface area (Å²) in [5.41, 5.74) is 0.811. The fraction of sp³-hybridized carbons (Fsp3) is 0.409. The number of rotatable bonds is 4. The van der Waals surface area contributed by atoms with E-state index >= 15 is 0 Å². The summed E-state index contributed by atoms with van der Waals surface area (Å²) in [5, 5.41) is 6.05. The number of nitrogens with zero attached hydrogens (tertiary/aromatic N) is 2. The Morgan fingerprint density at radius 3 is 2.72 bits per heavy atom. The van der Waals surface area contributed by atoms with Crippen molar-refractivity contribution in [3.63, 3.8) is 0 Å². The molecule has 152 valence electrons. The third kappa shape index (κ3) is 3.64. The molecule has 0 saturated carbocycles. The molecule has 0 unspecified atom stereocenters. The Balaban J connectivity index is 1.55. The second kappa shape index (κ2) is 7.73. The lowest BCUT2D eigenvalue weighted by Gasteiger charge is -2.49. The van der Waals surface area contributed by atoms with E-state index in [9.17, 15) is 14.4 Å². The van der Waals surface area contributed by atoms with Crippen molar-refractivity contribution in [2.75, 3.05) is 13.1 Å². The van der Waals surface area contributed by atoms with Crippen LogP contribution in [0.4, 0.5) is 0 Å². The Hall–Kier alpha value is -3.09. The maximum absolute atomic E-state index is 13.4. The van der Waals surface area contributed by atoms with E-state index in [2.05, 4.69) is 10.6 Å². The molecule has 7 heteroatoms. The summed E-state index contributed by atoms with van der Waals surface area (Å²) < 4.78 is 1.79. The molecule has 2 aromatic rings. The van der Waals surface area contributed by atoms with Gasteiger partial charge in [-0.15, -0.1) is 0 Å². The van der Waals surface area contributed by atoms with Crippen LogP contribution >= 0.6 is 0 Å². The number of hydrogen-bond donors (Lipinski definition) is 2. The van der Waals surface area contributed by atoms with Crippen LogP contribution in [-0.2, 0) is 23.2 Å². The molecule has 4 rings (SSSR count). The molecule has 0 aliphatic carbocycles. The number of carbonyl (C=O) groups excluding carboxylic acids is 3. The molecule has 2 atom stereocenters. The molecule has 2 aliphatic rings. The highest BCUT2D eigenvalue weighted by atomic mass is 16.2. The van der Waals surface area contributed by atoms with Gasteiger partial charge in [-0.2, -0.15) is 0 Å². The summed E-state index contributed by atoms with van der Waals surface area (Å²) >= 11 is 0. The Kier molecular flexibility index (Phi) is 5.13.